The Bertz CT molecular complexity index is 1030. The third-order valence-corrected chi connectivity index (χ3v) is 4.04. The van der Waals surface area contributed by atoms with E-state index in [1.165, 1.54) is 14.2 Å². The fourth-order valence-corrected chi connectivity index (χ4v) is 2.56. The zero-order chi connectivity index (χ0) is 22.8. The lowest BCUT2D eigenvalue weighted by Crippen LogP contribution is -2.11. The maximum Gasteiger partial charge on any atom is 0.416 e. The van der Waals surface area contributed by atoms with Gasteiger partial charge < -0.3 is 18.7 Å². The van der Waals surface area contributed by atoms with Crippen LogP contribution in [0.15, 0.2) is 40.9 Å². The van der Waals surface area contributed by atoms with Gasteiger partial charge in [-0.15, -0.1) is 0 Å². The number of hydrogen-bond acceptors (Lipinski definition) is 6. The second-order valence-corrected chi connectivity index (χ2v) is 6.11. The average Bonchev–Trinajstić information content (AvgIpc) is 3.19. The van der Waals surface area contributed by atoms with Crippen LogP contribution in [0.4, 0.5) is 26.3 Å². The van der Waals surface area contributed by atoms with Crippen LogP contribution in [0.2, 0.25) is 0 Å². The molecule has 3 rings (SSSR count). The van der Waals surface area contributed by atoms with Crippen molar-refractivity contribution in [2.45, 2.75) is 19.0 Å². The van der Waals surface area contributed by atoms with Gasteiger partial charge in [0, 0.05) is 6.07 Å². The van der Waals surface area contributed by atoms with Gasteiger partial charge in [0.05, 0.1) is 30.9 Å². The van der Waals surface area contributed by atoms with Gasteiger partial charge in [-0.3, -0.25) is 0 Å². The van der Waals surface area contributed by atoms with Gasteiger partial charge in [0.25, 0.3) is 5.89 Å². The lowest BCUT2D eigenvalue weighted by Gasteiger charge is -2.14. The van der Waals surface area contributed by atoms with Crippen LogP contribution in [0.3, 0.4) is 0 Å². The van der Waals surface area contributed by atoms with Crippen LogP contribution in [0.5, 0.6) is 17.2 Å². The van der Waals surface area contributed by atoms with Crippen LogP contribution < -0.4 is 14.2 Å². The molecule has 6 nitrogen and oxygen atoms in total. The molecule has 3 aromatic rings. The van der Waals surface area contributed by atoms with Crippen LogP contribution in [-0.4, -0.2) is 24.4 Å². The van der Waals surface area contributed by atoms with Gasteiger partial charge in [-0.2, -0.15) is 31.3 Å². The van der Waals surface area contributed by atoms with Crippen molar-refractivity contribution in [1.82, 2.24) is 10.1 Å². The maximum absolute atomic E-state index is 12.9. The highest BCUT2D eigenvalue weighted by molar-refractivity contribution is 5.65. The first kappa shape index (κ1) is 22.2. The summed E-state index contributed by atoms with van der Waals surface area (Å²) in [5, 5.41) is 3.73. The molecule has 0 atom stereocenters. The van der Waals surface area contributed by atoms with Crippen molar-refractivity contribution in [3.8, 4) is 28.6 Å². The molecule has 1 aromatic heterocycles. The summed E-state index contributed by atoms with van der Waals surface area (Å²) in [5.41, 5.74) is -2.56. The van der Waals surface area contributed by atoms with Gasteiger partial charge in [-0.1, -0.05) is 5.16 Å². The number of benzene rings is 2. The van der Waals surface area contributed by atoms with Gasteiger partial charge in [0.1, 0.15) is 17.2 Å². The van der Waals surface area contributed by atoms with Crippen LogP contribution in [0.1, 0.15) is 17.0 Å². The minimum Gasteiger partial charge on any atom is -0.497 e. The Hall–Kier alpha value is -3.44. The van der Waals surface area contributed by atoms with Gasteiger partial charge in [-0.25, -0.2) is 0 Å². The smallest absolute Gasteiger partial charge is 0.416 e. The fourth-order valence-electron chi connectivity index (χ4n) is 2.56. The van der Waals surface area contributed by atoms with Crippen molar-refractivity contribution in [2.24, 2.45) is 0 Å². The molecule has 166 valence electrons. The Kier molecular flexibility index (Phi) is 6.00. The molecule has 0 saturated heterocycles. The Balaban J connectivity index is 1.83. The summed E-state index contributed by atoms with van der Waals surface area (Å²) >= 11 is 0. The monoisotopic (exact) mass is 448 g/mol. The maximum atomic E-state index is 12.9. The molecular weight excluding hydrogens is 434 g/mol. The number of nitrogens with zero attached hydrogens (tertiary/aromatic N) is 2. The molecular formula is C19H14F6N2O4. The van der Waals surface area contributed by atoms with Crippen LogP contribution in [-0.2, 0) is 19.0 Å². The summed E-state index contributed by atoms with van der Waals surface area (Å²) in [7, 11) is 2.88. The SMILES string of the molecule is COc1ccc(-c2noc(COc3cc(C(F)(F)F)cc(C(F)(F)F)c3)n2)c(OC)c1. The quantitative estimate of drug-likeness (QED) is 0.473. The van der Waals surface area contributed by atoms with E-state index in [2.05, 4.69) is 10.1 Å². The first-order chi connectivity index (χ1) is 14.5. The molecule has 0 aliphatic carbocycles. The van der Waals surface area contributed by atoms with E-state index < -0.39 is 35.8 Å². The molecule has 0 saturated carbocycles. The molecule has 0 radical (unpaired) electrons. The molecule has 0 spiro atoms. The van der Waals surface area contributed by atoms with E-state index in [-0.39, 0.29) is 17.8 Å². The summed E-state index contributed by atoms with van der Waals surface area (Å²) in [6, 6.07) is 5.70. The predicted molar refractivity (Wildman–Crippen MR) is 93.6 cm³/mol. The van der Waals surface area contributed by atoms with Gasteiger partial charge >= 0.3 is 12.4 Å². The van der Waals surface area contributed by atoms with Gasteiger partial charge in [0.2, 0.25) is 5.82 Å². The Morgan fingerprint density at radius 2 is 1.48 bits per heavy atom. The number of aromatic nitrogens is 2. The van der Waals surface area contributed by atoms with Crippen LogP contribution >= 0.6 is 0 Å². The summed E-state index contributed by atoms with van der Waals surface area (Å²) in [6.07, 6.45) is -9.97. The lowest BCUT2D eigenvalue weighted by molar-refractivity contribution is -0.143. The second-order valence-electron chi connectivity index (χ2n) is 6.11. The number of methoxy groups -OCH3 is 2. The Morgan fingerprint density at radius 3 is 2.03 bits per heavy atom. The van der Waals surface area contributed by atoms with E-state index in [1.807, 2.05) is 0 Å². The van der Waals surface area contributed by atoms with E-state index in [9.17, 15) is 26.3 Å². The normalized spacial score (nSPS) is 12.0. The third kappa shape index (κ3) is 5.19. The highest BCUT2D eigenvalue weighted by Gasteiger charge is 2.37. The zero-order valence-corrected chi connectivity index (χ0v) is 16.0. The van der Waals surface area contributed by atoms with E-state index >= 15 is 0 Å². The minimum absolute atomic E-state index is 0.00756. The van der Waals surface area contributed by atoms with Crippen molar-refractivity contribution >= 4 is 0 Å². The lowest BCUT2D eigenvalue weighted by atomic mass is 10.1. The molecule has 12 heteroatoms. The summed E-state index contributed by atoms with van der Waals surface area (Å²) in [4.78, 5) is 4.03. The highest BCUT2D eigenvalue weighted by atomic mass is 19.4. The predicted octanol–water partition coefficient (Wildman–Crippen LogP) is 5.37. The largest absolute Gasteiger partial charge is 0.497 e. The topological polar surface area (TPSA) is 66.6 Å². The van der Waals surface area contributed by atoms with Crippen molar-refractivity contribution in [3.63, 3.8) is 0 Å². The molecule has 1 heterocycles. The second kappa shape index (κ2) is 8.36. The van der Waals surface area contributed by atoms with Crippen molar-refractivity contribution in [3.05, 3.63) is 53.4 Å². The molecule has 0 aliphatic heterocycles. The molecule has 0 aliphatic rings. The van der Waals surface area contributed by atoms with E-state index in [1.54, 1.807) is 18.2 Å². The molecule has 0 unspecified atom stereocenters. The Morgan fingerprint density at radius 1 is 0.839 bits per heavy atom. The van der Waals surface area contributed by atoms with Crippen LogP contribution in [0.25, 0.3) is 11.4 Å². The number of rotatable bonds is 6. The van der Waals surface area contributed by atoms with Crippen molar-refractivity contribution in [1.29, 1.82) is 0 Å². The van der Waals surface area contributed by atoms with Crippen molar-refractivity contribution in [2.75, 3.05) is 14.2 Å². The molecule has 0 fully saturated rings. The first-order valence-corrected chi connectivity index (χ1v) is 8.48. The Labute approximate surface area is 171 Å². The third-order valence-electron chi connectivity index (χ3n) is 4.04. The minimum atomic E-state index is -4.98. The fraction of sp³-hybridized carbons (Fsp3) is 0.263. The summed E-state index contributed by atoms with van der Waals surface area (Å²) in [5.74, 6) is 0.138. The highest BCUT2D eigenvalue weighted by Crippen LogP contribution is 2.38. The summed E-state index contributed by atoms with van der Waals surface area (Å²) in [6.45, 7) is -0.552. The van der Waals surface area contributed by atoms with E-state index in [0.29, 0.717) is 29.2 Å². The number of hydrogen-bond donors (Lipinski definition) is 0. The number of alkyl halides is 6. The van der Waals surface area contributed by atoms with Gasteiger partial charge in [-0.05, 0) is 30.3 Å². The molecule has 2 aromatic carbocycles. The first-order valence-electron chi connectivity index (χ1n) is 8.48. The van der Waals surface area contributed by atoms with E-state index in [0.717, 1.165) is 0 Å². The van der Waals surface area contributed by atoms with E-state index in [4.69, 9.17) is 18.7 Å². The number of halogens is 6. The summed E-state index contributed by atoms with van der Waals surface area (Å²) < 4.78 is 97.9. The molecule has 0 amide bonds. The standard InChI is InChI=1S/C19H14F6N2O4/c1-28-12-3-4-14(15(8-12)29-2)17-26-16(31-27-17)9-30-13-6-10(18(20,21)22)5-11(7-13)19(23,24)25/h3-8H,9H2,1-2H3. The average molecular weight is 448 g/mol. The molecule has 0 N–H and O–H groups in total. The van der Waals surface area contributed by atoms with Crippen LogP contribution in [0, 0.1) is 0 Å². The number of ether oxygens (including phenoxy) is 3. The van der Waals surface area contributed by atoms with Gasteiger partial charge in [0.15, 0.2) is 6.61 Å². The zero-order valence-electron chi connectivity index (χ0n) is 16.0. The molecule has 31 heavy (non-hydrogen) atoms. The van der Waals surface area contributed by atoms with Crippen molar-refractivity contribution < 1.29 is 45.1 Å². The molecule has 0 bridgehead atoms.